The number of methoxy groups -OCH3 is 1. The van der Waals surface area contributed by atoms with Crippen molar-refractivity contribution >= 4 is 36.2 Å². The molecule has 6 N–H and O–H groups in total. The van der Waals surface area contributed by atoms with Crippen molar-refractivity contribution in [2.75, 3.05) is 7.11 Å². The third-order valence-corrected chi connectivity index (χ3v) is 9.65. The molecule has 7 rings (SSSR count). The Morgan fingerprint density at radius 3 is 2.05 bits per heavy atom. The van der Waals surface area contributed by atoms with Crippen LogP contribution in [0.1, 0.15) is 89.6 Å². The fourth-order valence-corrected chi connectivity index (χ4v) is 5.96. The summed E-state index contributed by atoms with van der Waals surface area (Å²) in [6.45, 7) is 12.7. The SMILES string of the molecule is C=C=C/C=C\C([N-]Cc1nc2c([n-]1)CC=CC=C2)=C(/C)[NH-].CC.CC#CC=NCc1cc(C(=O)O)ccn1.CC(=O)O.COC(=O)C(/C=C\[NH-])=C/Cc1cc(C(=O)O)ccn1.[NH-]/C=C\C=C/Cc1ccccn1.[Ru+2].[Ru+3].c1ccc(-c2ccccn2)nc#1. The van der Waals surface area contributed by atoms with Crippen molar-refractivity contribution < 1.29 is 78.2 Å². The molecule has 6 aromatic rings. The molecule has 1 radical (unpaired) electrons. The fraction of sp³-hybridized carbons (Fsp3) is 0.169. The summed E-state index contributed by atoms with van der Waals surface area (Å²) in [6, 6.07) is 23.7. The van der Waals surface area contributed by atoms with Crippen LogP contribution in [-0.2, 0) is 85.6 Å². The molecular formula is C65H67N12O8Ru2. The molecule has 6 aromatic heterocycles. The Hall–Kier alpha value is -10.2. The third kappa shape index (κ3) is 36.9. The standard InChI is InChI=1S/C17H17N4.C13H13N2O4.C11H10N2O2.C10H6N2.C10H11N2.C2H4O2.C2H6.2Ru/c1-3-4-6-9-14(13(2)18)19-12-17-20-15-10-7-5-8-11-16(15)21-17;1-19-13(18)9(4-6-14)2-3-11-8-10(12(16)17)5-7-15-11;1-2-3-5-12-8-10-7-9(11(14)15)4-6-13-10;1-3-7-11-9(5-1)10-6-2-4-8-12-10;11-8-4-1-2-6-10-7-3-5-9-12-10;1-2(3)4;1-2;;/h4-10,18H,1,11-12H2,2H3;2,4-8,14H,3H2,1H3,(H,16,17);4-7H,8H2,1H3,(H,14,15);1-3,5-7H;1-5,7-9,11H,6H2;1H3,(H,3,4);1-2H3;;/q-3;-1;;;-1;;;+2;+3/b9-6-,14-13-;6-4-,9-2+;;;2-1-,8-4-;;;;. The number of aliphatic imine (C=N–C) groups is 1. The maximum Gasteiger partial charge on any atom is 3.00 e. The summed E-state index contributed by atoms with van der Waals surface area (Å²) in [5.74, 6) is 2.64. The minimum absolute atomic E-state index is 0. The Labute approximate surface area is 534 Å². The Kier molecular flexibility index (Phi) is 45.6. The van der Waals surface area contributed by atoms with Crippen LogP contribution < -0.4 is 4.98 Å². The number of carboxylic acids is 3. The number of aliphatic carboxylic acids is 1. The second-order valence-electron chi connectivity index (χ2n) is 15.9. The third-order valence-electron chi connectivity index (χ3n) is 9.65. The van der Waals surface area contributed by atoms with Gasteiger partial charge in [-0.2, -0.15) is 28.8 Å². The largest absolute Gasteiger partial charge is 3.00 e. The summed E-state index contributed by atoms with van der Waals surface area (Å²) in [6.07, 6.45) is 36.1. The zero-order chi connectivity index (χ0) is 62.9. The number of hydrogen-bond acceptors (Lipinski definition) is 12. The van der Waals surface area contributed by atoms with E-state index in [4.69, 9.17) is 37.3 Å². The summed E-state index contributed by atoms with van der Waals surface area (Å²) in [4.78, 5) is 75.0. The van der Waals surface area contributed by atoms with Gasteiger partial charge in [0.05, 0.1) is 53.7 Å². The van der Waals surface area contributed by atoms with Crippen molar-refractivity contribution in [3.05, 3.63) is 286 Å². The molecule has 0 spiro atoms. The average Bonchev–Trinajstić information content (AvgIpc) is 3.77. The van der Waals surface area contributed by atoms with Gasteiger partial charge in [-0.15, -0.1) is 18.2 Å². The number of pyridine rings is 4. The van der Waals surface area contributed by atoms with Gasteiger partial charge in [0.2, 0.25) is 0 Å². The van der Waals surface area contributed by atoms with E-state index in [-0.39, 0.29) is 62.1 Å². The summed E-state index contributed by atoms with van der Waals surface area (Å²) in [5, 5.41) is 29.4. The van der Waals surface area contributed by atoms with Gasteiger partial charge in [0, 0.05) is 62.1 Å². The summed E-state index contributed by atoms with van der Waals surface area (Å²) < 4.78 is 4.56. The van der Waals surface area contributed by atoms with E-state index in [1.54, 1.807) is 56.6 Å². The molecule has 0 atom stereocenters. The van der Waals surface area contributed by atoms with Crippen LogP contribution in [0.25, 0.3) is 40.0 Å². The van der Waals surface area contributed by atoms with Gasteiger partial charge in [0.15, 0.2) is 0 Å². The van der Waals surface area contributed by atoms with Crippen molar-refractivity contribution in [3.8, 4) is 23.2 Å². The number of aromatic carboxylic acids is 2. The number of carbonyl (C=O) groups is 4. The van der Waals surface area contributed by atoms with Gasteiger partial charge in [-0.3, -0.25) is 29.7 Å². The van der Waals surface area contributed by atoms with Gasteiger partial charge in [-0.25, -0.2) is 14.4 Å². The number of carbonyl (C=O) groups excluding carboxylic acids is 1. The number of imidazole rings is 1. The van der Waals surface area contributed by atoms with Crippen LogP contribution in [0.5, 0.6) is 0 Å². The second-order valence-corrected chi connectivity index (χ2v) is 15.9. The second kappa shape index (κ2) is 50.3. The van der Waals surface area contributed by atoms with Crippen LogP contribution in [0, 0.1) is 24.1 Å². The minimum Gasteiger partial charge on any atom is -0.705 e. The normalized spacial score (nSPS) is 10.8. The van der Waals surface area contributed by atoms with Crippen molar-refractivity contribution in [2.24, 2.45) is 4.99 Å². The number of hydrogen-bond donors (Lipinski definition) is 3. The fourth-order valence-electron chi connectivity index (χ4n) is 5.96. The van der Waals surface area contributed by atoms with Gasteiger partial charge in [0.1, 0.15) is 0 Å². The molecule has 0 saturated carbocycles. The number of aromatic nitrogens is 7. The van der Waals surface area contributed by atoms with Crippen LogP contribution in [-0.4, -0.2) is 82.4 Å². The molecule has 1 aliphatic rings. The van der Waals surface area contributed by atoms with Crippen LogP contribution in [0.15, 0.2) is 211 Å². The van der Waals surface area contributed by atoms with Crippen molar-refractivity contribution in [3.63, 3.8) is 0 Å². The van der Waals surface area contributed by atoms with Crippen molar-refractivity contribution in [1.82, 2.24) is 34.9 Å². The predicted molar refractivity (Wildman–Crippen MR) is 332 cm³/mol. The van der Waals surface area contributed by atoms with Gasteiger partial charge in [-0.1, -0.05) is 124 Å². The molecule has 0 unspecified atom stereocenters. The van der Waals surface area contributed by atoms with E-state index in [9.17, 15) is 14.4 Å². The van der Waals surface area contributed by atoms with Crippen LogP contribution in [0.2, 0.25) is 0 Å². The number of nitrogens with zero attached hydrogens (tertiary/aromatic N) is 9. The molecule has 0 saturated heterocycles. The van der Waals surface area contributed by atoms with Gasteiger partial charge >= 0.3 is 56.9 Å². The molecule has 6 heterocycles. The van der Waals surface area contributed by atoms with E-state index in [2.05, 4.69) is 92.4 Å². The first kappa shape index (κ1) is 78.8. The first-order chi connectivity index (χ1) is 41.1. The molecular weight excluding hydrogens is 1280 g/mol. The van der Waals surface area contributed by atoms with E-state index >= 15 is 0 Å². The molecule has 0 bridgehead atoms. The molecule has 0 fully saturated rings. The molecule has 1 aliphatic carbocycles. The Balaban J connectivity index is 0. The van der Waals surface area contributed by atoms with Gasteiger partial charge in [0.25, 0.3) is 5.97 Å². The number of rotatable bonds is 17. The maximum absolute atomic E-state index is 11.4. The van der Waals surface area contributed by atoms with Crippen LogP contribution in [0.3, 0.4) is 0 Å². The number of fused-ring (bicyclic) bond motifs is 1. The number of nitrogens with one attached hydrogen (secondary N) is 3. The molecule has 0 amide bonds. The number of ether oxygens (including phenoxy) is 1. The van der Waals surface area contributed by atoms with E-state index in [0.717, 1.165) is 54.4 Å². The van der Waals surface area contributed by atoms with Crippen molar-refractivity contribution in [1.29, 1.82) is 0 Å². The molecule has 0 aromatic carbocycles. The van der Waals surface area contributed by atoms with E-state index < -0.39 is 23.9 Å². The van der Waals surface area contributed by atoms with Crippen LogP contribution >= 0.6 is 0 Å². The van der Waals surface area contributed by atoms with E-state index in [0.29, 0.717) is 41.7 Å². The molecule has 451 valence electrons. The van der Waals surface area contributed by atoms with E-state index in [1.165, 1.54) is 68.3 Å². The average molecular weight is 1350 g/mol. The molecule has 87 heavy (non-hydrogen) atoms. The molecule has 0 aliphatic heterocycles. The summed E-state index contributed by atoms with van der Waals surface area (Å²) in [5.41, 5.74) is 31.4. The van der Waals surface area contributed by atoms with E-state index in [1.807, 2.05) is 86.7 Å². The first-order valence-electron chi connectivity index (χ1n) is 25.8. The van der Waals surface area contributed by atoms with Crippen LogP contribution in [0.4, 0.5) is 0 Å². The Morgan fingerprint density at radius 2 is 1.48 bits per heavy atom. The quantitative estimate of drug-likeness (QED) is 0.0145. The first-order valence-corrected chi connectivity index (χ1v) is 25.8. The van der Waals surface area contributed by atoms with Gasteiger partial charge in [-0.05, 0) is 91.8 Å². The maximum atomic E-state index is 11.4. The number of carboxylic acid groups (broad SMARTS) is 3. The smallest absolute Gasteiger partial charge is 0.705 e. The Morgan fingerprint density at radius 1 is 0.828 bits per heavy atom. The predicted octanol–water partition coefficient (Wildman–Crippen LogP) is 13.2. The monoisotopic (exact) mass is 1350 g/mol. The summed E-state index contributed by atoms with van der Waals surface area (Å²) >= 11 is 0. The molecule has 22 heteroatoms. The number of allylic oxidation sites excluding steroid dienone is 11. The zero-order valence-electron chi connectivity index (χ0n) is 48.8. The summed E-state index contributed by atoms with van der Waals surface area (Å²) in [7, 11) is 1.25. The number of esters is 1. The van der Waals surface area contributed by atoms with Crippen molar-refractivity contribution in [2.45, 2.75) is 67.0 Å². The Bertz CT molecular complexity index is 3330. The topological polar surface area (TPSA) is 327 Å². The van der Waals surface area contributed by atoms with Gasteiger partial charge < -0.3 is 52.5 Å². The molecule has 20 nitrogen and oxygen atoms in total. The minimum atomic E-state index is -1.04. The zero-order valence-corrected chi connectivity index (χ0v) is 52.2.